The molecule has 0 saturated carbocycles. The fraction of sp³-hybridized carbons (Fsp3) is 0.250. The molecule has 0 unspecified atom stereocenters. The summed E-state index contributed by atoms with van der Waals surface area (Å²) in [5, 5.41) is 0.253. The molecule has 0 aromatic rings. The van der Waals surface area contributed by atoms with Gasteiger partial charge >= 0.3 is 0 Å². The minimum absolute atomic E-state index is 0.143. The lowest BCUT2D eigenvalue weighted by Crippen LogP contribution is -2.35. The van der Waals surface area contributed by atoms with Gasteiger partial charge in [-0.1, -0.05) is 59.4 Å². The maximum absolute atomic E-state index is 10.8. The molecule has 0 N–H and O–H groups in total. The Morgan fingerprint density at radius 2 is 1.89 bits per heavy atom. The Morgan fingerprint density at radius 3 is 2.00 bits per heavy atom. The van der Waals surface area contributed by atoms with Crippen LogP contribution in [-0.4, -0.2) is 9.02 Å². The number of carbonyl (C=O) groups excluding carboxylic acids is 1. The zero-order chi connectivity index (χ0) is 7.23. The summed E-state index contributed by atoms with van der Waals surface area (Å²) in [6.07, 6.45) is 0. The van der Waals surface area contributed by atoms with E-state index in [1.165, 1.54) is 0 Å². The molecule has 0 radical (unpaired) electrons. The first-order valence-corrected chi connectivity index (χ1v) is 4.72. The van der Waals surface area contributed by atoms with Gasteiger partial charge in [-0.3, -0.25) is 4.79 Å². The van der Waals surface area contributed by atoms with Crippen molar-refractivity contribution < 1.29 is 4.79 Å². The first-order chi connectivity index (χ1) is 3.98. The second kappa shape index (κ2) is 2.32. The van der Waals surface area contributed by atoms with Gasteiger partial charge in [0.15, 0.2) is 3.23 Å². The standard InChI is InChI=1S/C4Br3ClO/c5-2-1(8)3(9)4(2,6)7. The summed E-state index contributed by atoms with van der Waals surface area (Å²) >= 11 is 14.8. The number of alkyl halides is 2. The number of rotatable bonds is 0. The minimum atomic E-state index is -0.739. The van der Waals surface area contributed by atoms with E-state index in [0.717, 1.165) is 0 Å². The second-order valence-electron chi connectivity index (χ2n) is 1.53. The molecule has 1 aliphatic carbocycles. The van der Waals surface area contributed by atoms with E-state index in [9.17, 15) is 4.79 Å². The number of carbonyl (C=O) groups is 1. The number of ketones is 1. The van der Waals surface area contributed by atoms with Crippen LogP contribution in [0.15, 0.2) is 9.51 Å². The largest absolute Gasteiger partial charge is 0.290 e. The van der Waals surface area contributed by atoms with E-state index in [2.05, 4.69) is 47.8 Å². The van der Waals surface area contributed by atoms with Gasteiger partial charge in [-0.25, -0.2) is 0 Å². The van der Waals surface area contributed by atoms with E-state index in [4.69, 9.17) is 11.6 Å². The van der Waals surface area contributed by atoms with E-state index in [-0.39, 0.29) is 10.8 Å². The van der Waals surface area contributed by atoms with Gasteiger partial charge in [0.1, 0.15) is 0 Å². The molecular formula is C4Br3ClO. The van der Waals surface area contributed by atoms with Gasteiger partial charge < -0.3 is 0 Å². The third-order valence-corrected chi connectivity index (χ3v) is 5.11. The third-order valence-electron chi connectivity index (χ3n) is 0.953. The van der Waals surface area contributed by atoms with Gasteiger partial charge in [-0.2, -0.15) is 0 Å². The number of halogens is 4. The van der Waals surface area contributed by atoms with Crippen molar-refractivity contribution in [3.05, 3.63) is 9.51 Å². The molecule has 1 aliphatic rings. The average molecular weight is 339 g/mol. The summed E-state index contributed by atoms with van der Waals surface area (Å²) in [5.41, 5.74) is 0. The van der Waals surface area contributed by atoms with Crippen LogP contribution in [-0.2, 0) is 4.79 Å². The molecule has 9 heavy (non-hydrogen) atoms. The molecule has 1 rings (SSSR count). The Morgan fingerprint density at radius 1 is 1.44 bits per heavy atom. The zero-order valence-electron chi connectivity index (χ0n) is 3.92. The van der Waals surface area contributed by atoms with E-state index in [1.54, 1.807) is 0 Å². The SMILES string of the molecule is O=C1C(Cl)=C(Br)C1(Br)Br. The smallest absolute Gasteiger partial charge is 0.207 e. The molecule has 0 aromatic carbocycles. The van der Waals surface area contributed by atoms with Crippen molar-refractivity contribution in [2.45, 2.75) is 3.23 Å². The van der Waals surface area contributed by atoms with Crippen LogP contribution in [0, 0.1) is 0 Å². The van der Waals surface area contributed by atoms with Crippen molar-refractivity contribution in [2.24, 2.45) is 0 Å². The molecule has 1 nitrogen and oxygen atoms in total. The Bertz CT molecular complexity index is 208. The summed E-state index contributed by atoms with van der Waals surface area (Å²) in [6.45, 7) is 0. The van der Waals surface area contributed by atoms with Crippen molar-refractivity contribution in [1.29, 1.82) is 0 Å². The highest BCUT2D eigenvalue weighted by Crippen LogP contribution is 2.51. The van der Waals surface area contributed by atoms with Crippen molar-refractivity contribution >= 4 is 65.2 Å². The summed E-state index contributed by atoms with van der Waals surface area (Å²) in [7, 11) is 0. The van der Waals surface area contributed by atoms with E-state index in [0.29, 0.717) is 4.48 Å². The molecule has 0 heterocycles. The van der Waals surface area contributed by atoms with Crippen LogP contribution < -0.4 is 0 Å². The molecule has 0 atom stereocenters. The first kappa shape index (κ1) is 8.24. The molecule has 0 amide bonds. The van der Waals surface area contributed by atoms with Gasteiger partial charge in [0, 0.05) is 0 Å². The molecule has 0 bridgehead atoms. The van der Waals surface area contributed by atoms with Crippen LogP contribution in [0.25, 0.3) is 0 Å². The lowest BCUT2D eigenvalue weighted by Gasteiger charge is -2.27. The summed E-state index contributed by atoms with van der Waals surface area (Å²) in [5.74, 6) is -0.143. The van der Waals surface area contributed by atoms with Crippen LogP contribution in [0.3, 0.4) is 0 Å². The molecule has 0 fully saturated rings. The van der Waals surface area contributed by atoms with E-state index < -0.39 is 3.23 Å². The number of Topliss-reactive ketones (excluding diaryl/α,β-unsaturated/α-hetero) is 1. The molecule has 0 aliphatic heterocycles. The van der Waals surface area contributed by atoms with Gasteiger partial charge in [-0.05, 0) is 0 Å². The maximum atomic E-state index is 10.8. The van der Waals surface area contributed by atoms with Crippen LogP contribution in [0.5, 0.6) is 0 Å². The minimum Gasteiger partial charge on any atom is -0.290 e. The molecular weight excluding hydrogens is 339 g/mol. The summed E-state index contributed by atoms with van der Waals surface area (Å²) < 4.78 is -0.0847. The molecule has 50 valence electrons. The predicted molar refractivity (Wildman–Crippen MR) is 47.4 cm³/mol. The highest BCUT2D eigenvalue weighted by molar-refractivity contribution is 9.27. The van der Waals surface area contributed by atoms with Crippen LogP contribution in [0.1, 0.15) is 0 Å². The maximum Gasteiger partial charge on any atom is 0.207 e. The monoisotopic (exact) mass is 336 g/mol. The summed E-state index contributed by atoms with van der Waals surface area (Å²) in [6, 6.07) is 0. The zero-order valence-corrected chi connectivity index (χ0v) is 9.43. The Kier molecular flexibility index (Phi) is 2.13. The third kappa shape index (κ3) is 1.04. The van der Waals surface area contributed by atoms with Crippen molar-refractivity contribution in [3.63, 3.8) is 0 Å². The molecule has 0 spiro atoms. The molecule has 0 aromatic heterocycles. The van der Waals surface area contributed by atoms with Crippen molar-refractivity contribution in [3.8, 4) is 0 Å². The second-order valence-corrected chi connectivity index (χ2v) is 6.15. The van der Waals surface area contributed by atoms with Gasteiger partial charge in [0.25, 0.3) is 0 Å². The van der Waals surface area contributed by atoms with E-state index in [1.807, 2.05) is 0 Å². The fourth-order valence-corrected chi connectivity index (χ4v) is 2.31. The van der Waals surface area contributed by atoms with Crippen molar-refractivity contribution in [2.75, 3.05) is 0 Å². The van der Waals surface area contributed by atoms with Crippen LogP contribution in [0.2, 0.25) is 0 Å². The highest BCUT2D eigenvalue weighted by atomic mass is 79.9. The van der Waals surface area contributed by atoms with E-state index >= 15 is 0 Å². The van der Waals surface area contributed by atoms with Gasteiger partial charge in [-0.15, -0.1) is 0 Å². The number of allylic oxidation sites excluding steroid dienone is 2. The lowest BCUT2D eigenvalue weighted by molar-refractivity contribution is -0.115. The van der Waals surface area contributed by atoms with Gasteiger partial charge in [0.2, 0.25) is 5.78 Å². The lowest BCUT2D eigenvalue weighted by atomic mass is 10.1. The number of hydrogen-bond donors (Lipinski definition) is 0. The van der Waals surface area contributed by atoms with Gasteiger partial charge in [0.05, 0.1) is 9.51 Å². The quantitative estimate of drug-likeness (QED) is 0.621. The topological polar surface area (TPSA) is 17.1 Å². The normalized spacial score (nSPS) is 24.2. The Hall–Kier alpha value is 1.14. The van der Waals surface area contributed by atoms with Crippen LogP contribution in [0.4, 0.5) is 0 Å². The van der Waals surface area contributed by atoms with Crippen LogP contribution >= 0.6 is 59.4 Å². The fourth-order valence-electron chi connectivity index (χ4n) is 0.413. The predicted octanol–water partition coefficient (Wildman–Crippen LogP) is 2.90. The van der Waals surface area contributed by atoms with Crippen molar-refractivity contribution in [1.82, 2.24) is 0 Å². The molecule has 0 saturated heterocycles. The summed E-state index contributed by atoms with van der Waals surface area (Å²) in [4.78, 5) is 10.8. The average Bonchev–Trinajstić information content (AvgIpc) is 1.84. The Labute approximate surface area is 82.2 Å². The first-order valence-electron chi connectivity index (χ1n) is 1.96. The highest BCUT2D eigenvalue weighted by Gasteiger charge is 2.48. The molecule has 5 heteroatoms. The Balaban J connectivity index is 3.06. The number of hydrogen-bond acceptors (Lipinski definition) is 1.